The van der Waals surface area contributed by atoms with Gasteiger partial charge in [0.1, 0.15) is 9.84 Å². The van der Waals surface area contributed by atoms with E-state index in [1.165, 1.54) is 0 Å². The molecule has 0 saturated carbocycles. The summed E-state index contributed by atoms with van der Waals surface area (Å²) >= 11 is 0. The van der Waals surface area contributed by atoms with Crippen molar-refractivity contribution in [2.45, 2.75) is 37.9 Å². The Kier molecular flexibility index (Phi) is 4.78. The van der Waals surface area contributed by atoms with Gasteiger partial charge >= 0.3 is 0 Å². The normalized spacial score (nSPS) is 32.0. The van der Waals surface area contributed by atoms with Gasteiger partial charge < -0.3 is 5.32 Å². The minimum Gasteiger partial charge on any atom is -0.316 e. The second-order valence-electron chi connectivity index (χ2n) is 6.31. The van der Waals surface area contributed by atoms with Crippen molar-refractivity contribution >= 4 is 19.9 Å². The molecule has 118 valence electrons. The van der Waals surface area contributed by atoms with Crippen LogP contribution in [0.3, 0.4) is 0 Å². The zero-order valence-corrected chi connectivity index (χ0v) is 13.5. The van der Waals surface area contributed by atoms with E-state index in [1.54, 1.807) is 0 Å². The maximum atomic E-state index is 12.3. The van der Waals surface area contributed by atoms with Gasteiger partial charge in [-0.2, -0.15) is 0 Å². The third-order valence-corrected chi connectivity index (χ3v) is 7.94. The van der Waals surface area contributed by atoms with Crippen LogP contribution in [0.5, 0.6) is 0 Å². The molecule has 8 heteroatoms. The summed E-state index contributed by atoms with van der Waals surface area (Å²) in [5, 5.41) is 2.72. The molecule has 1 unspecified atom stereocenters. The molecule has 20 heavy (non-hydrogen) atoms. The average Bonchev–Trinajstić information content (AvgIpc) is 2.37. The van der Waals surface area contributed by atoms with Gasteiger partial charge in [0, 0.05) is 13.1 Å². The lowest BCUT2D eigenvalue weighted by Crippen LogP contribution is -2.48. The van der Waals surface area contributed by atoms with E-state index in [9.17, 15) is 16.8 Å². The first-order valence-corrected chi connectivity index (χ1v) is 10.5. The minimum atomic E-state index is -3.41. The second-order valence-corrected chi connectivity index (χ2v) is 10.7. The van der Waals surface area contributed by atoms with E-state index in [1.807, 2.05) is 0 Å². The van der Waals surface area contributed by atoms with Crippen LogP contribution in [0.4, 0.5) is 0 Å². The molecule has 6 nitrogen and oxygen atoms in total. The summed E-state index contributed by atoms with van der Waals surface area (Å²) in [5.74, 6) is -0.0329. The summed E-state index contributed by atoms with van der Waals surface area (Å²) in [6.07, 6.45) is 2.49. The first-order valence-electron chi connectivity index (χ1n) is 7.12. The fourth-order valence-corrected chi connectivity index (χ4v) is 6.27. The molecule has 2 heterocycles. The van der Waals surface area contributed by atoms with Gasteiger partial charge in [0.05, 0.1) is 16.8 Å². The molecule has 0 aliphatic carbocycles. The van der Waals surface area contributed by atoms with Gasteiger partial charge in [0.15, 0.2) is 0 Å². The van der Waals surface area contributed by atoms with Crippen LogP contribution in [0.15, 0.2) is 0 Å². The average molecular weight is 324 g/mol. The van der Waals surface area contributed by atoms with Crippen LogP contribution in [0.25, 0.3) is 0 Å². The Hall–Kier alpha value is -0.180. The van der Waals surface area contributed by atoms with Gasteiger partial charge in [-0.25, -0.2) is 21.6 Å². The highest BCUT2D eigenvalue weighted by Crippen LogP contribution is 2.25. The SMILES string of the molecule is CC1(CNS(=O)(=O)C2CCS(=O)(=O)CC2)CCCNC1. The number of hydrogen-bond acceptors (Lipinski definition) is 5. The predicted octanol–water partition coefficient (Wildman–Crippen LogP) is -0.127. The monoisotopic (exact) mass is 324 g/mol. The minimum absolute atomic E-state index is 0.0165. The first-order chi connectivity index (χ1) is 9.23. The lowest BCUT2D eigenvalue weighted by molar-refractivity contribution is 0.238. The van der Waals surface area contributed by atoms with Gasteiger partial charge in [-0.1, -0.05) is 6.92 Å². The maximum absolute atomic E-state index is 12.3. The molecular formula is C12H24N2O4S2. The molecule has 2 aliphatic heterocycles. The standard InChI is InChI=1S/C12H24N2O4S2/c1-12(5-2-6-13-9-12)10-14-20(17,18)11-3-7-19(15,16)8-4-11/h11,13-14H,2-10H2,1H3. The third kappa shape index (κ3) is 4.16. The van der Waals surface area contributed by atoms with Crippen molar-refractivity contribution in [2.24, 2.45) is 5.41 Å². The van der Waals surface area contributed by atoms with Gasteiger partial charge in [-0.05, 0) is 37.6 Å². The van der Waals surface area contributed by atoms with Crippen LogP contribution in [0.2, 0.25) is 0 Å². The summed E-state index contributed by atoms with van der Waals surface area (Å²) in [4.78, 5) is 0. The Morgan fingerprint density at radius 1 is 1.30 bits per heavy atom. The third-order valence-electron chi connectivity index (χ3n) is 4.33. The molecule has 0 spiro atoms. The number of piperidine rings is 1. The lowest BCUT2D eigenvalue weighted by Gasteiger charge is -2.35. The summed E-state index contributed by atoms with van der Waals surface area (Å²) in [6.45, 7) is 4.30. The molecule has 2 saturated heterocycles. The molecule has 1 atom stereocenters. The van der Waals surface area contributed by atoms with Crippen LogP contribution >= 0.6 is 0 Å². The summed E-state index contributed by atoms with van der Waals surface area (Å²) < 4.78 is 49.9. The number of nitrogens with one attached hydrogen (secondary N) is 2. The van der Waals surface area contributed by atoms with Crippen LogP contribution in [0, 0.1) is 5.41 Å². The molecular weight excluding hydrogens is 300 g/mol. The van der Waals surface area contributed by atoms with Crippen molar-refractivity contribution in [3.63, 3.8) is 0 Å². The van der Waals surface area contributed by atoms with Gasteiger partial charge in [-0.3, -0.25) is 0 Å². The molecule has 2 rings (SSSR count). The fourth-order valence-electron chi connectivity index (χ4n) is 2.84. The van der Waals surface area contributed by atoms with E-state index < -0.39 is 25.1 Å². The van der Waals surface area contributed by atoms with E-state index in [0.717, 1.165) is 25.9 Å². The molecule has 0 aromatic rings. The number of rotatable bonds is 4. The highest BCUT2D eigenvalue weighted by atomic mass is 32.2. The smallest absolute Gasteiger partial charge is 0.214 e. The molecule has 2 fully saturated rings. The Bertz CT molecular complexity index is 522. The van der Waals surface area contributed by atoms with Crippen LogP contribution < -0.4 is 10.0 Å². The van der Waals surface area contributed by atoms with Crippen LogP contribution in [0.1, 0.15) is 32.6 Å². The van der Waals surface area contributed by atoms with Crippen LogP contribution in [-0.4, -0.2) is 53.2 Å². The highest BCUT2D eigenvalue weighted by molar-refractivity contribution is 7.92. The largest absolute Gasteiger partial charge is 0.316 e. The highest BCUT2D eigenvalue weighted by Gasteiger charge is 2.35. The molecule has 0 bridgehead atoms. The van der Waals surface area contributed by atoms with Crippen molar-refractivity contribution < 1.29 is 16.8 Å². The Morgan fingerprint density at radius 2 is 1.95 bits per heavy atom. The van der Waals surface area contributed by atoms with E-state index in [4.69, 9.17) is 0 Å². The summed E-state index contributed by atoms with van der Waals surface area (Å²) in [5.41, 5.74) is -0.0495. The maximum Gasteiger partial charge on any atom is 0.214 e. The van der Waals surface area contributed by atoms with Crippen molar-refractivity contribution in [3.05, 3.63) is 0 Å². The fraction of sp³-hybridized carbons (Fsp3) is 1.00. The molecule has 2 N–H and O–H groups in total. The number of hydrogen-bond donors (Lipinski definition) is 2. The Balaban J connectivity index is 1.91. The van der Waals surface area contributed by atoms with Crippen molar-refractivity contribution in [2.75, 3.05) is 31.1 Å². The molecule has 0 amide bonds. The summed E-state index contributed by atoms with van der Waals surface area (Å²) in [7, 11) is -6.44. The topological polar surface area (TPSA) is 92.3 Å². The number of sulfone groups is 1. The number of sulfonamides is 1. The van der Waals surface area contributed by atoms with E-state index in [-0.39, 0.29) is 29.8 Å². The molecule has 0 aromatic heterocycles. The predicted molar refractivity (Wildman–Crippen MR) is 78.8 cm³/mol. The first kappa shape index (κ1) is 16.2. The summed E-state index contributed by atoms with van der Waals surface area (Å²) in [6, 6.07) is 0. The Labute approximate surface area is 121 Å². The zero-order valence-electron chi connectivity index (χ0n) is 11.9. The van der Waals surface area contributed by atoms with Gasteiger partial charge in [-0.15, -0.1) is 0 Å². The van der Waals surface area contributed by atoms with E-state index >= 15 is 0 Å². The lowest BCUT2D eigenvalue weighted by atomic mass is 9.83. The van der Waals surface area contributed by atoms with Crippen molar-refractivity contribution in [3.8, 4) is 0 Å². The molecule has 0 aromatic carbocycles. The Morgan fingerprint density at radius 3 is 2.50 bits per heavy atom. The van der Waals surface area contributed by atoms with E-state index in [0.29, 0.717) is 6.54 Å². The van der Waals surface area contributed by atoms with Crippen molar-refractivity contribution in [1.29, 1.82) is 0 Å². The zero-order chi connectivity index (χ0) is 14.9. The van der Waals surface area contributed by atoms with Crippen molar-refractivity contribution in [1.82, 2.24) is 10.0 Å². The molecule has 2 aliphatic rings. The van der Waals surface area contributed by atoms with E-state index in [2.05, 4.69) is 17.0 Å². The van der Waals surface area contributed by atoms with Crippen LogP contribution in [-0.2, 0) is 19.9 Å². The van der Waals surface area contributed by atoms with Gasteiger partial charge in [0.25, 0.3) is 0 Å². The van der Waals surface area contributed by atoms with Gasteiger partial charge in [0.2, 0.25) is 10.0 Å². The second kappa shape index (κ2) is 5.90. The quantitative estimate of drug-likeness (QED) is 0.752. The molecule has 0 radical (unpaired) electrons.